The summed E-state index contributed by atoms with van der Waals surface area (Å²) < 4.78 is 4.96. The number of benzene rings is 2. The SMILES string of the molecule is CCCSN1CCC(n2cc(-c3cccc(C(N)=S)c3)c3ccc(N)cc32)CC1. The molecule has 4 rings (SSSR count). The Morgan fingerprint density at radius 2 is 1.97 bits per heavy atom. The predicted molar refractivity (Wildman–Crippen MR) is 130 cm³/mol. The molecule has 0 bridgehead atoms. The van der Waals surface area contributed by atoms with Gasteiger partial charge in [-0.15, -0.1) is 0 Å². The summed E-state index contributed by atoms with van der Waals surface area (Å²) in [6, 6.07) is 14.9. The van der Waals surface area contributed by atoms with Crippen molar-refractivity contribution in [3.8, 4) is 11.1 Å². The molecule has 0 amide bonds. The largest absolute Gasteiger partial charge is 0.399 e. The number of piperidine rings is 1. The Morgan fingerprint density at radius 3 is 2.69 bits per heavy atom. The third kappa shape index (κ3) is 4.29. The average molecular weight is 425 g/mol. The number of hydrogen-bond acceptors (Lipinski definition) is 4. The van der Waals surface area contributed by atoms with E-state index in [1.54, 1.807) is 0 Å². The number of hydrogen-bond donors (Lipinski definition) is 2. The lowest BCUT2D eigenvalue weighted by Gasteiger charge is -2.32. The van der Waals surface area contributed by atoms with Crippen LogP contribution in [0.3, 0.4) is 0 Å². The van der Waals surface area contributed by atoms with E-state index in [0.717, 1.165) is 42.7 Å². The molecule has 29 heavy (non-hydrogen) atoms. The Kier molecular flexibility index (Phi) is 6.13. The van der Waals surface area contributed by atoms with Crippen molar-refractivity contribution in [2.75, 3.05) is 24.6 Å². The normalized spacial score (nSPS) is 15.8. The number of thiocarbonyl (C=S) groups is 1. The third-order valence-electron chi connectivity index (χ3n) is 5.61. The minimum Gasteiger partial charge on any atom is -0.399 e. The van der Waals surface area contributed by atoms with Gasteiger partial charge in [-0.1, -0.05) is 55.4 Å². The molecular formula is C23H28N4S2. The van der Waals surface area contributed by atoms with Gasteiger partial charge in [0, 0.05) is 53.3 Å². The van der Waals surface area contributed by atoms with Gasteiger partial charge in [-0.05, 0) is 43.0 Å². The molecule has 1 saturated heterocycles. The molecule has 1 fully saturated rings. The summed E-state index contributed by atoms with van der Waals surface area (Å²) in [5, 5.41) is 1.22. The molecule has 2 aromatic carbocycles. The Hall–Kier alpha value is -2.02. The first-order valence-corrected chi connectivity index (χ1v) is 11.6. The van der Waals surface area contributed by atoms with Crippen LogP contribution in [0.2, 0.25) is 0 Å². The second-order valence-electron chi connectivity index (χ2n) is 7.67. The van der Waals surface area contributed by atoms with E-state index in [9.17, 15) is 0 Å². The maximum atomic E-state index is 6.15. The molecule has 0 aliphatic carbocycles. The van der Waals surface area contributed by atoms with E-state index >= 15 is 0 Å². The minimum atomic E-state index is 0.428. The Balaban J connectivity index is 1.70. The van der Waals surface area contributed by atoms with Gasteiger partial charge in [0.05, 0.1) is 5.52 Å². The van der Waals surface area contributed by atoms with Gasteiger partial charge in [-0.3, -0.25) is 4.31 Å². The fourth-order valence-corrected chi connectivity index (χ4v) is 5.15. The minimum absolute atomic E-state index is 0.428. The van der Waals surface area contributed by atoms with Gasteiger partial charge >= 0.3 is 0 Å². The van der Waals surface area contributed by atoms with E-state index in [2.05, 4.69) is 46.3 Å². The number of nitrogen functional groups attached to an aromatic ring is 1. The van der Waals surface area contributed by atoms with E-state index in [0.29, 0.717) is 11.0 Å². The second-order valence-corrected chi connectivity index (χ2v) is 9.29. The van der Waals surface area contributed by atoms with Crippen LogP contribution in [0.5, 0.6) is 0 Å². The molecule has 4 N–H and O–H groups in total. The number of fused-ring (bicyclic) bond motifs is 1. The van der Waals surface area contributed by atoms with Gasteiger partial charge in [0.15, 0.2) is 0 Å². The smallest absolute Gasteiger partial charge is 0.104 e. The summed E-state index contributed by atoms with van der Waals surface area (Å²) in [6.07, 6.45) is 5.83. The van der Waals surface area contributed by atoms with Crippen molar-refractivity contribution in [2.24, 2.45) is 5.73 Å². The molecule has 3 aromatic rings. The highest BCUT2D eigenvalue weighted by molar-refractivity contribution is 7.97. The molecule has 6 heteroatoms. The summed E-state index contributed by atoms with van der Waals surface area (Å²) in [6.45, 7) is 4.50. The number of aromatic nitrogens is 1. The number of rotatable bonds is 6. The van der Waals surface area contributed by atoms with Crippen molar-refractivity contribution in [3.63, 3.8) is 0 Å². The maximum Gasteiger partial charge on any atom is 0.104 e. The molecule has 0 saturated carbocycles. The third-order valence-corrected chi connectivity index (χ3v) is 7.17. The quantitative estimate of drug-likeness (QED) is 0.323. The first-order valence-electron chi connectivity index (χ1n) is 10.2. The molecule has 1 aromatic heterocycles. The summed E-state index contributed by atoms with van der Waals surface area (Å²) in [5.41, 5.74) is 17.3. The summed E-state index contributed by atoms with van der Waals surface area (Å²) in [5.74, 6) is 1.21. The van der Waals surface area contributed by atoms with Gasteiger partial charge in [0.25, 0.3) is 0 Å². The number of anilines is 1. The van der Waals surface area contributed by atoms with Crippen LogP contribution >= 0.6 is 24.2 Å². The molecule has 152 valence electrons. The van der Waals surface area contributed by atoms with Crippen LogP contribution in [0.25, 0.3) is 22.0 Å². The fourth-order valence-electron chi connectivity index (χ4n) is 4.11. The van der Waals surface area contributed by atoms with Gasteiger partial charge in [0.1, 0.15) is 4.99 Å². The number of nitrogens with two attached hydrogens (primary N) is 2. The zero-order valence-corrected chi connectivity index (χ0v) is 18.4. The highest BCUT2D eigenvalue weighted by Crippen LogP contribution is 2.37. The second kappa shape index (κ2) is 8.78. The summed E-state index contributed by atoms with van der Waals surface area (Å²) >= 11 is 7.17. The molecule has 0 unspecified atom stereocenters. The van der Waals surface area contributed by atoms with Gasteiger partial charge in [-0.2, -0.15) is 0 Å². The lowest BCUT2D eigenvalue weighted by molar-refractivity contribution is 0.295. The lowest BCUT2D eigenvalue weighted by atomic mass is 10.0. The zero-order valence-electron chi connectivity index (χ0n) is 16.8. The van der Waals surface area contributed by atoms with Gasteiger partial charge in [-0.25, -0.2) is 0 Å². The molecular weight excluding hydrogens is 396 g/mol. The Labute approximate surface area is 182 Å². The first kappa shape index (κ1) is 20.3. The molecule has 1 aliphatic heterocycles. The maximum absolute atomic E-state index is 6.15. The van der Waals surface area contributed by atoms with E-state index in [4.69, 9.17) is 23.7 Å². The predicted octanol–water partition coefficient (Wildman–Crippen LogP) is 5.22. The van der Waals surface area contributed by atoms with E-state index in [1.165, 1.54) is 28.6 Å². The average Bonchev–Trinajstić information content (AvgIpc) is 3.11. The van der Waals surface area contributed by atoms with Crippen LogP contribution in [0.15, 0.2) is 48.7 Å². The van der Waals surface area contributed by atoms with E-state index in [1.807, 2.05) is 30.1 Å². The molecule has 4 nitrogen and oxygen atoms in total. The molecule has 1 aliphatic rings. The fraction of sp³-hybridized carbons (Fsp3) is 0.348. The lowest BCUT2D eigenvalue weighted by Crippen LogP contribution is -2.30. The van der Waals surface area contributed by atoms with Crippen LogP contribution in [0.1, 0.15) is 37.8 Å². The molecule has 2 heterocycles. The van der Waals surface area contributed by atoms with Crippen LogP contribution in [-0.4, -0.2) is 32.7 Å². The van der Waals surface area contributed by atoms with Crippen molar-refractivity contribution < 1.29 is 0 Å². The van der Waals surface area contributed by atoms with Crippen molar-refractivity contribution in [2.45, 2.75) is 32.2 Å². The van der Waals surface area contributed by atoms with Crippen molar-refractivity contribution in [1.82, 2.24) is 8.87 Å². The molecule has 0 radical (unpaired) electrons. The van der Waals surface area contributed by atoms with E-state index in [-0.39, 0.29) is 0 Å². The van der Waals surface area contributed by atoms with Crippen LogP contribution in [0, 0.1) is 0 Å². The topological polar surface area (TPSA) is 60.2 Å². The van der Waals surface area contributed by atoms with Crippen LogP contribution in [0.4, 0.5) is 5.69 Å². The monoisotopic (exact) mass is 424 g/mol. The van der Waals surface area contributed by atoms with Crippen molar-refractivity contribution >= 4 is 45.7 Å². The standard InChI is InChI=1S/C23H28N4S2/c1-2-12-29-26-10-8-19(9-11-26)27-15-21(20-7-6-18(24)14-22(20)27)16-4-3-5-17(13-16)23(25)28/h3-7,13-15,19H,2,8-12,24H2,1H3,(H2,25,28). The van der Waals surface area contributed by atoms with Crippen LogP contribution in [-0.2, 0) is 0 Å². The van der Waals surface area contributed by atoms with Crippen LogP contribution < -0.4 is 11.5 Å². The molecule has 0 atom stereocenters. The highest BCUT2D eigenvalue weighted by atomic mass is 32.2. The highest BCUT2D eigenvalue weighted by Gasteiger charge is 2.23. The van der Waals surface area contributed by atoms with Gasteiger partial charge < -0.3 is 16.0 Å². The number of nitrogens with zero attached hydrogens (tertiary/aromatic N) is 2. The Bertz CT molecular complexity index is 1020. The summed E-state index contributed by atoms with van der Waals surface area (Å²) in [7, 11) is 0. The molecule has 0 spiro atoms. The van der Waals surface area contributed by atoms with Crippen molar-refractivity contribution in [3.05, 3.63) is 54.2 Å². The van der Waals surface area contributed by atoms with E-state index < -0.39 is 0 Å². The van der Waals surface area contributed by atoms with Gasteiger partial charge in [0.2, 0.25) is 0 Å². The van der Waals surface area contributed by atoms with Crippen molar-refractivity contribution in [1.29, 1.82) is 0 Å². The Morgan fingerprint density at radius 1 is 1.17 bits per heavy atom. The first-order chi connectivity index (χ1) is 14.1. The zero-order chi connectivity index (χ0) is 20.4. The summed E-state index contributed by atoms with van der Waals surface area (Å²) in [4.78, 5) is 0.428.